The fourth-order valence-corrected chi connectivity index (χ4v) is 4.58. The molecule has 0 amide bonds. The molecule has 0 saturated heterocycles. The Hall–Kier alpha value is -3.20. The van der Waals surface area contributed by atoms with Crippen LogP contribution < -0.4 is 0 Å². The summed E-state index contributed by atoms with van der Waals surface area (Å²) in [5, 5.41) is 8.67. The molecule has 170 valence electrons. The van der Waals surface area contributed by atoms with E-state index in [2.05, 4.69) is 84.7 Å². The molecule has 3 heteroatoms. The molecular weight excluding hydrogens is 404 g/mol. The molecule has 0 radical (unpaired) electrons. The maximum absolute atomic E-state index is 6.04. The van der Waals surface area contributed by atoms with E-state index in [0.717, 1.165) is 37.1 Å². The minimum absolute atomic E-state index is 0.370. The van der Waals surface area contributed by atoms with Crippen LogP contribution in [0.5, 0.6) is 0 Å². The minimum Gasteiger partial charge on any atom is -0.420 e. The van der Waals surface area contributed by atoms with Crippen LogP contribution in [0.4, 0.5) is 0 Å². The van der Waals surface area contributed by atoms with Crippen molar-refractivity contribution in [2.45, 2.75) is 65.2 Å². The summed E-state index contributed by atoms with van der Waals surface area (Å²) < 4.78 is 6.04. The zero-order valence-electron chi connectivity index (χ0n) is 20.2. The molecule has 1 heterocycles. The van der Waals surface area contributed by atoms with Gasteiger partial charge < -0.3 is 4.42 Å². The Morgan fingerprint density at radius 3 is 1.58 bits per heavy atom. The zero-order valence-corrected chi connectivity index (χ0v) is 20.2. The largest absolute Gasteiger partial charge is 0.420 e. The summed E-state index contributed by atoms with van der Waals surface area (Å²) in [6, 6.07) is 26.1. The average molecular weight is 439 g/mol. The monoisotopic (exact) mass is 438 g/mol. The van der Waals surface area contributed by atoms with Gasteiger partial charge in [-0.15, -0.1) is 10.2 Å². The van der Waals surface area contributed by atoms with E-state index in [-0.39, 0.29) is 0 Å². The summed E-state index contributed by atoms with van der Waals surface area (Å²) in [7, 11) is 0. The molecule has 1 fully saturated rings. The molecule has 0 aliphatic heterocycles. The summed E-state index contributed by atoms with van der Waals surface area (Å²) >= 11 is 0. The van der Waals surface area contributed by atoms with Crippen molar-refractivity contribution < 1.29 is 4.42 Å². The summed E-state index contributed by atoms with van der Waals surface area (Å²) in [5.74, 6) is 2.41. The number of nitrogens with zero attached hydrogens (tertiary/aromatic N) is 2. The molecule has 0 unspecified atom stereocenters. The maximum atomic E-state index is 6.04. The molecule has 0 N–H and O–H groups in total. The molecule has 0 bridgehead atoms. The first-order valence-electron chi connectivity index (χ1n) is 12.2. The molecule has 4 aromatic rings. The molecular formula is C30H34N2O. The average Bonchev–Trinajstić information content (AvgIpc) is 3.37. The van der Waals surface area contributed by atoms with Gasteiger partial charge in [0.2, 0.25) is 11.8 Å². The fourth-order valence-electron chi connectivity index (χ4n) is 4.58. The summed E-state index contributed by atoms with van der Waals surface area (Å²) in [5.41, 5.74) is 7.53. The molecule has 0 spiro atoms. The predicted molar refractivity (Wildman–Crippen MR) is 136 cm³/mol. The lowest BCUT2D eigenvalue weighted by Gasteiger charge is -2.27. The van der Waals surface area contributed by atoms with Crippen molar-refractivity contribution in [1.29, 1.82) is 0 Å². The van der Waals surface area contributed by atoms with Gasteiger partial charge in [-0.3, -0.25) is 0 Å². The van der Waals surface area contributed by atoms with E-state index in [1.54, 1.807) is 0 Å². The Balaban J connectivity index is 0.00000126. The van der Waals surface area contributed by atoms with Crippen LogP contribution >= 0.6 is 0 Å². The highest BCUT2D eigenvalue weighted by Gasteiger charge is 2.27. The quantitative estimate of drug-likeness (QED) is 0.321. The first-order valence-corrected chi connectivity index (χ1v) is 12.2. The Labute approximate surface area is 197 Å². The highest BCUT2D eigenvalue weighted by atomic mass is 16.4. The van der Waals surface area contributed by atoms with Crippen LogP contribution in [-0.4, -0.2) is 10.2 Å². The molecule has 3 nitrogen and oxygen atoms in total. The van der Waals surface area contributed by atoms with Crippen LogP contribution in [-0.2, 0) is 0 Å². The number of benzene rings is 3. The van der Waals surface area contributed by atoms with E-state index >= 15 is 0 Å². The van der Waals surface area contributed by atoms with Gasteiger partial charge in [-0.2, -0.15) is 0 Å². The first kappa shape index (κ1) is 23.0. The summed E-state index contributed by atoms with van der Waals surface area (Å²) in [6.45, 7) is 8.21. The lowest BCUT2D eigenvalue weighted by atomic mass is 9.78. The van der Waals surface area contributed by atoms with Gasteiger partial charge in [0.05, 0.1) is 0 Å². The minimum atomic E-state index is 0.370. The Bertz CT molecular complexity index is 1130. The highest BCUT2D eigenvalue weighted by Crippen LogP contribution is 2.41. The molecule has 0 atom stereocenters. The molecule has 3 aromatic carbocycles. The number of aromatic nitrogens is 2. The van der Waals surface area contributed by atoms with Crippen molar-refractivity contribution in [3.63, 3.8) is 0 Å². The Morgan fingerprint density at radius 2 is 1.03 bits per heavy atom. The normalized spacial score (nSPS) is 17.8. The maximum Gasteiger partial charge on any atom is 0.247 e. The van der Waals surface area contributed by atoms with Gasteiger partial charge in [0.25, 0.3) is 0 Å². The van der Waals surface area contributed by atoms with Crippen molar-refractivity contribution in [3.8, 4) is 22.6 Å². The van der Waals surface area contributed by atoms with Crippen molar-refractivity contribution >= 4 is 0 Å². The van der Waals surface area contributed by atoms with E-state index in [1.165, 1.54) is 27.8 Å². The third kappa shape index (κ3) is 5.42. The second kappa shape index (κ2) is 10.6. The fraction of sp³-hybridized carbons (Fsp3) is 0.333. The molecule has 1 saturated carbocycles. The van der Waals surface area contributed by atoms with Crippen LogP contribution in [0, 0.1) is 13.8 Å². The van der Waals surface area contributed by atoms with Gasteiger partial charge in [0.15, 0.2) is 0 Å². The molecule has 1 aliphatic rings. The number of aryl methyl sites for hydroxylation is 2. The van der Waals surface area contributed by atoms with Crippen molar-refractivity contribution in [1.82, 2.24) is 10.2 Å². The predicted octanol–water partition coefficient (Wildman–Crippen LogP) is 8.49. The third-order valence-electron chi connectivity index (χ3n) is 6.58. The van der Waals surface area contributed by atoms with Gasteiger partial charge in [0, 0.05) is 11.5 Å². The van der Waals surface area contributed by atoms with Crippen molar-refractivity contribution in [2.75, 3.05) is 0 Å². The van der Waals surface area contributed by atoms with Crippen molar-refractivity contribution in [2.24, 2.45) is 0 Å². The first-order chi connectivity index (χ1) is 16.2. The van der Waals surface area contributed by atoms with Crippen LogP contribution in [0.25, 0.3) is 22.6 Å². The number of hydrogen-bond acceptors (Lipinski definition) is 3. The van der Waals surface area contributed by atoms with E-state index in [1.807, 2.05) is 26.0 Å². The molecule has 1 aliphatic carbocycles. The van der Waals surface area contributed by atoms with Gasteiger partial charge in [-0.1, -0.05) is 85.6 Å². The second-order valence-electron chi connectivity index (χ2n) is 8.85. The van der Waals surface area contributed by atoms with Gasteiger partial charge in [-0.05, 0) is 74.3 Å². The van der Waals surface area contributed by atoms with Crippen LogP contribution in [0.3, 0.4) is 0 Å². The summed E-state index contributed by atoms with van der Waals surface area (Å²) in [6.07, 6.45) is 4.52. The van der Waals surface area contributed by atoms with Gasteiger partial charge in [-0.25, -0.2) is 0 Å². The Kier molecular flexibility index (Phi) is 7.39. The topological polar surface area (TPSA) is 38.9 Å². The molecule has 5 rings (SSSR count). The van der Waals surface area contributed by atoms with Gasteiger partial charge >= 0.3 is 0 Å². The van der Waals surface area contributed by atoms with Gasteiger partial charge in [0.1, 0.15) is 0 Å². The molecule has 1 aromatic heterocycles. The van der Waals surface area contributed by atoms with E-state index < -0.39 is 0 Å². The second-order valence-corrected chi connectivity index (χ2v) is 8.85. The lowest BCUT2D eigenvalue weighted by Crippen LogP contribution is -2.12. The Morgan fingerprint density at radius 1 is 0.576 bits per heavy atom. The smallest absolute Gasteiger partial charge is 0.247 e. The van der Waals surface area contributed by atoms with E-state index in [0.29, 0.717) is 17.7 Å². The van der Waals surface area contributed by atoms with Crippen LogP contribution in [0.2, 0.25) is 0 Å². The lowest BCUT2D eigenvalue weighted by molar-refractivity contribution is 0.341. The van der Waals surface area contributed by atoms with E-state index in [9.17, 15) is 0 Å². The number of hydrogen-bond donors (Lipinski definition) is 0. The number of rotatable bonds is 4. The standard InChI is InChI=1S/C28H28N2O.C2H6/c1-19-3-7-21(8-4-19)22-11-13-23(14-12-22)24-15-17-26(18-16-24)28-30-29-27(31-28)25-9-5-20(2)6-10-25;1-2/h3-14,24,26H,15-18H2,1-2H3;1-2H3. The van der Waals surface area contributed by atoms with Crippen molar-refractivity contribution in [3.05, 3.63) is 95.4 Å². The summed E-state index contributed by atoms with van der Waals surface area (Å²) in [4.78, 5) is 0. The van der Waals surface area contributed by atoms with Crippen LogP contribution in [0.15, 0.2) is 77.2 Å². The van der Waals surface area contributed by atoms with E-state index in [4.69, 9.17) is 4.42 Å². The third-order valence-corrected chi connectivity index (χ3v) is 6.58. The zero-order chi connectivity index (χ0) is 23.2. The van der Waals surface area contributed by atoms with Crippen LogP contribution in [0.1, 0.15) is 73.9 Å². The molecule has 33 heavy (non-hydrogen) atoms. The highest BCUT2D eigenvalue weighted by molar-refractivity contribution is 5.64. The SMILES string of the molecule is CC.Cc1ccc(-c2ccc(C3CCC(c4nnc(-c5ccc(C)cc5)o4)CC3)cc2)cc1.